The second-order valence-electron chi connectivity index (χ2n) is 40.0. The number of hydrogen-bond acceptors (Lipinski definition) is 23. The molecule has 32 heteroatoms. The van der Waals surface area contributed by atoms with Gasteiger partial charge in [0.25, 0.3) is 0 Å². The summed E-state index contributed by atoms with van der Waals surface area (Å²) in [5.41, 5.74) is 5.43. The summed E-state index contributed by atoms with van der Waals surface area (Å²) < 4.78 is 50.0. The van der Waals surface area contributed by atoms with Crippen LogP contribution in [0.4, 0.5) is 0 Å². The Balaban J connectivity index is 0.00000174. The predicted octanol–water partition coefficient (Wildman–Crippen LogP) is 18.1. The van der Waals surface area contributed by atoms with Crippen molar-refractivity contribution in [1.29, 1.82) is 0 Å². The van der Waals surface area contributed by atoms with Gasteiger partial charge >= 0.3 is 0 Å². The number of rotatable bonds is 54. The molecule has 6 aromatic carbocycles. The van der Waals surface area contributed by atoms with Crippen molar-refractivity contribution in [3.63, 3.8) is 0 Å². The van der Waals surface area contributed by atoms with E-state index < -0.39 is 61.6 Å². The van der Waals surface area contributed by atoms with Crippen LogP contribution in [0, 0.1) is 11.8 Å². The second kappa shape index (κ2) is 73.7. The highest BCUT2D eigenvalue weighted by Gasteiger charge is 2.40. The SMILES string of the molecule is C.CCCCC(CC)COc1ccc(/C=C/C(=O)NCC(O)CC)cc1.CCCCC(CC)COc1ccc(/C=C/C(=O)NCC(O)CO[Si](C)(C)C(C)(C)C)cc1.COc1ccc(/C=C/C(=O)N(C)CC(O)CO)cc1.COc1ccc(/C=C/C(=O)N(C)CC(O)CO[Si](C)(C)C(C)(C)C)cc1.COc1ccc(/C=C/C(=O)NCC(O)CO)cc1.COc1ccc(/C=C/C(=O)NCC(O)CO[Si](C)(C)C(C)(C)C)cc1. The normalized spacial score (nSPS) is 13.4. The summed E-state index contributed by atoms with van der Waals surface area (Å²) in [6.07, 6.45) is 24.8. The maximum atomic E-state index is 12.2. The van der Waals surface area contributed by atoms with Crippen molar-refractivity contribution in [1.82, 2.24) is 31.1 Å². The molecule has 0 aliphatic heterocycles. The number of benzene rings is 6. The summed E-state index contributed by atoms with van der Waals surface area (Å²) in [6.45, 7) is 45.4. The Hall–Kier alpha value is -10.4. The van der Waals surface area contributed by atoms with Gasteiger partial charge in [-0.3, -0.25) is 28.8 Å². The zero-order valence-electron chi connectivity index (χ0n) is 91.6. The number of hydrogen-bond donors (Lipinski definition) is 12. The summed E-state index contributed by atoms with van der Waals surface area (Å²) >= 11 is 0. The monoisotopic (exact) mass is 2090 g/mol. The highest BCUT2D eigenvalue weighted by molar-refractivity contribution is 6.75. The lowest BCUT2D eigenvalue weighted by Crippen LogP contribution is -2.44. The van der Waals surface area contributed by atoms with Crippen molar-refractivity contribution in [2.45, 2.75) is 253 Å². The largest absolute Gasteiger partial charge is 0.497 e. The van der Waals surface area contributed by atoms with Crippen molar-refractivity contribution < 1.29 is 111 Å². The Morgan fingerprint density at radius 3 is 0.774 bits per heavy atom. The van der Waals surface area contributed by atoms with Gasteiger partial charge in [-0.05, 0) is 228 Å². The average Bonchev–Trinajstić information content (AvgIpc) is 0.844. The number of unbranched alkanes of at least 4 members (excludes halogenated alkanes) is 2. The van der Waals surface area contributed by atoms with Gasteiger partial charge in [-0.1, -0.05) is 216 Å². The topological polar surface area (TPSA) is 402 Å². The van der Waals surface area contributed by atoms with Crippen LogP contribution in [-0.4, -0.2) is 276 Å². The number of nitrogens with zero attached hydrogens (tertiary/aromatic N) is 2. The number of ether oxygens (including phenoxy) is 6. The fraction of sp³-hybridized carbons (Fsp3) is 0.526. The Morgan fingerprint density at radius 1 is 0.322 bits per heavy atom. The molecule has 0 aliphatic carbocycles. The first-order valence-electron chi connectivity index (χ1n) is 50.2. The zero-order chi connectivity index (χ0) is 109. The Kier molecular flexibility index (Phi) is 68.4. The molecule has 0 aromatic heterocycles. The van der Waals surface area contributed by atoms with Crippen LogP contribution in [-0.2, 0) is 42.0 Å². The summed E-state index contributed by atoms with van der Waals surface area (Å²) in [6, 6.07) is 44.9. The van der Waals surface area contributed by atoms with Crippen LogP contribution in [0.15, 0.2) is 182 Å². The first-order valence-corrected chi connectivity index (χ1v) is 59.0. The highest BCUT2D eigenvalue weighted by atomic mass is 28.4. The van der Waals surface area contributed by atoms with Crippen molar-refractivity contribution in [3.8, 4) is 34.5 Å². The minimum absolute atomic E-state index is 0. The van der Waals surface area contributed by atoms with Gasteiger partial charge in [0.1, 0.15) is 34.5 Å². The van der Waals surface area contributed by atoms with Gasteiger partial charge in [0.2, 0.25) is 35.4 Å². The van der Waals surface area contributed by atoms with E-state index in [0.717, 1.165) is 93.9 Å². The van der Waals surface area contributed by atoms with Crippen molar-refractivity contribution in [2.75, 3.05) is 128 Å². The van der Waals surface area contributed by atoms with E-state index in [9.17, 15) is 54.3 Å². The molecule has 6 rings (SSSR count). The lowest BCUT2D eigenvalue weighted by atomic mass is 10.0. The van der Waals surface area contributed by atoms with Gasteiger partial charge in [-0.15, -0.1) is 0 Å². The third kappa shape index (κ3) is 60.8. The van der Waals surface area contributed by atoms with Crippen molar-refractivity contribution >= 4 is 96.9 Å². The van der Waals surface area contributed by atoms with E-state index in [1.807, 2.05) is 140 Å². The molecule has 146 heavy (non-hydrogen) atoms. The quantitative estimate of drug-likeness (QED) is 0.0125. The lowest BCUT2D eigenvalue weighted by Gasteiger charge is -2.37. The van der Waals surface area contributed by atoms with Gasteiger partial charge in [-0.25, -0.2) is 0 Å². The molecule has 0 saturated carbocycles. The molecule has 0 spiro atoms. The fourth-order valence-electron chi connectivity index (χ4n) is 11.6. The molecule has 818 valence electrons. The number of likely N-dealkylation sites (N-methyl/N-ethyl adjacent to an activating group) is 2. The van der Waals surface area contributed by atoms with Gasteiger partial charge < -0.3 is 114 Å². The molecule has 8 atom stereocenters. The van der Waals surface area contributed by atoms with E-state index in [2.05, 4.69) is 151 Å². The maximum absolute atomic E-state index is 12.2. The molecular weight excluding hydrogens is 1910 g/mol. The predicted molar refractivity (Wildman–Crippen MR) is 601 cm³/mol. The van der Waals surface area contributed by atoms with Crippen molar-refractivity contribution in [3.05, 3.63) is 215 Å². The van der Waals surface area contributed by atoms with Crippen LogP contribution >= 0.6 is 0 Å². The number of carbonyl (C=O) groups excluding carboxylic acids is 6. The number of carbonyl (C=O) groups is 6. The van der Waals surface area contributed by atoms with Gasteiger partial charge in [0.05, 0.1) is 111 Å². The van der Waals surface area contributed by atoms with Crippen molar-refractivity contribution in [2.24, 2.45) is 11.8 Å². The number of nitrogens with one attached hydrogen (secondary N) is 4. The molecule has 12 N–H and O–H groups in total. The first kappa shape index (κ1) is 136. The Labute approximate surface area is 877 Å². The third-order valence-corrected chi connectivity index (χ3v) is 38.3. The van der Waals surface area contributed by atoms with E-state index in [1.54, 1.807) is 91.1 Å². The number of amides is 6. The molecule has 6 amide bonds. The number of aliphatic hydroxyl groups is 8. The van der Waals surface area contributed by atoms with E-state index in [0.29, 0.717) is 18.3 Å². The van der Waals surface area contributed by atoms with Crippen LogP contribution in [0.5, 0.6) is 34.5 Å². The molecule has 0 aliphatic rings. The smallest absolute Gasteiger partial charge is 0.246 e. The molecule has 6 aromatic rings. The van der Waals surface area contributed by atoms with Crippen LogP contribution in [0.2, 0.25) is 54.4 Å². The molecule has 8 unspecified atom stereocenters. The Morgan fingerprint density at radius 2 is 0.548 bits per heavy atom. The van der Waals surface area contributed by atoms with Crippen LogP contribution < -0.4 is 49.7 Å². The molecule has 0 radical (unpaired) electrons. The molecule has 29 nitrogen and oxygen atoms in total. The summed E-state index contributed by atoms with van der Waals surface area (Å²) in [7, 11) is 3.96. The molecule has 0 fully saturated rings. The standard InChI is InChI=1S/C26H45NO4Si.C21H33NO3.C20H33NO4Si.C19H31NO4Si.C14H19NO4.C13H17NO4.CH4/c1-8-10-11-21(9-2)19-30-24-15-12-22(13-16-24)14-17-25(29)27-18-23(28)20-31-32(6,7)26(3,4)5;1-4-7-8-17(5-2)16-25-20-12-9-18(10-13-20)11-14-21(24)22-15-19(23)6-3;1-20(2,3)26(6,7)25-15-17(22)14-21(4)19(23)13-10-16-8-11-18(24-5)12-9-16;1-19(2,3)25(5,6)24-14-16(21)13-20-18(22)12-9-15-7-10-17(23-4)11-8-15;1-15(9-12(17)10-16)14(18)8-5-11-3-6-13(19-2)7-4-11;1-18-12-5-2-10(3-6-12)4-7-13(17)14-8-11(16)9-15;/h12-17,21,23,28H,8-11,18-20H2,1-7H3,(H,27,29);9-14,17,19,23H,4-8,15-16H2,1-3H3,(H,22,24);8-13,17,22H,14-15H2,1-7H3;7-12,16,21H,13-14H2,1-6H3,(H,20,22);3-8,12,16-17H,9-10H2,1-2H3;2-7,11,15-16H,8-9H2,1H3,(H,14,17);1H4/b17-14+;14-11+;13-10+;12-9+;8-5+;7-4+;. The van der Waals surface area contributed by atoms with E-state index in [4.69, 9.17) is 57.0 Å². The number of aliphatic hydroxyl groups excluding tert-OH is 8. The summed E-state index contributed by atoms with van der Waals surface area (Å²) in [5.74, 6) is 4.58. The zero-order valence-corrected chi connectivity index (χ0v) is 94.6. The van der Waals surface area contributed by atoms with Gasteiger partial charge in [0, 0.05) is 89.8 Å². The maximum Gasteiger partial charge on any atom is 0.246 e. The van der Waals surface area contributed by atoms with Gasteiger partial charge in [-0.2, -0.15) is 0 Å². The van der Waals surface area contributed by atoms with E-state index >= 15 is 0 Å². The third-order valence-electron chi connectivity index (χ3n) is 24.8. The van der Waals surface area contributed by atoms with E-state index in [1.165, 1.54) is 84.8 Å². The highest BCUT2D eigenvalue weighted by Crippen LogP contribution is 2.39. The Bertz CT molecular complexity index is 4750. The number of methoxy groups -OCH3 is 4. The van der Waals surface area contributed by atoms with Crippen LogP contribution in [0.1, 0.15) is 196 Å². The van der Waals surface area contributed by atoms with E-state index in [-0.39, 0.29) is 130 Å². The first-order chi connectivity index (χ1) is 68.3. The molecule has 0 heterocycles. The van der Waals surface area contributed by atoms with Crippen LogP contribution in [0.3, 0.4) is 0 Å². The average molecular weight is 2090 g/mol. The summed E-state index contributed by atoms with van der Waals surface area (Å²) in [4.78, 5) is 73.7. The van der Waals surface area contributed by atoms with Crippen LogP contribution in [0.25, 0.3) is 36.5 Å². The fourth-order valence-corrected chi connectivity index (χ4v) is 14.8. The molecule has 0 saturated heterocycles. The minimum Gasteiger partial charge on any atom is -0.497 e. The van der Waals surface area contributed by atoms with Gasteiger partial charge in [0.15, 0.2) is 25.0 Å². The minimum atomic E-state index is -1.91. The lowest BCUT2D eigenvalue weighted by molar-refractivity contribution is -0.126. The molecular formula is C114H182N6O23Si3. The summed E-state index contributed by atoms with van der Waals surface area (Å²) in [5, 5.41) is 86.2. The molecule has 0 bridgehead atoms. The second-order valence-corrected chi connectivity index (χ2v) is 54.4.